The lowest BCUT2D eigenvalue weighted by Crippen LogP contribution is -2.51. The van der Waals surface area contributed by atoms with Gasteiger partial charge in [0.05, 0.1) is 10.9 Å². The lowest BCUT2D eigenvalue weighted by molar-refractivity contribution is -0.142. The van der Waals surface area contributed by atoms with Crippen LogP contribution in [0.15, 0.2) is 46.9 Å². The first-order chi connectivity index (χ1) is 14.1. The topological polar surface area (TPSA) is 53.5 Å². The zero-order chi connectivity index (χ0) is 20.4. The number of aromatic nitrogens is 1. The monoisotopic (exact) mass is 443 g/mol. The number of thiophene rings is 1. The minimum atomic E-state index is -0.631. The molecule has 2 atom stereocenters. The highest BCUT2D eigenvalue weighted by Crippen LogP contribution is 2.36. The molecule has 0 radical (unpaired) electrons. The fourth-order valence-electron chi connectivity index (χ4n) is 3.78. The van der Waals surface area contributed by atoms with E-state index in [0.29, 0.717) is 15.8 Å². The van der Waals surface area contributed by atoms with Gasteiger partial charge in [-0.2, -0.15) is 0 Å². The van der Waals surface area contributed by atoms with Crippen LogP contribution in [-0.2, 0) is 9.59 Å². The predicted molar refractivity (Wildman–Crippen MR) is 121 cm³/mol. The van der Waals surface area contributed by atoms with Gasteiger partial charge in [0.1, 0.15) is 10.4 Å². The molecule has 0 N–H and O–H groups in total. The molecule has 0 spiro atoms. The second kappa shape index (κ2) is 8.77. The van der Waals surface area contributed by atoms with Crippen molar-refractivity contribution in [1.29, 1.82) is 0 Å². The van der Waals surface area contributed by atoms with Crippen molar-refractivity contribution >= 4 is 57.5 Å². The largest absolute Gasteiger partial charge is 0.334 e. The highest BCUT2D eigenvalue weighted by atomic mass is 32.2. The first-order valence-electron chi connectivity index (χ1n) is 9.57. The minimum absolute atomic E-state index is 0.00698. The molecule has 2 aromatic rings. The number of hydrogen-bond acceptors (Lipinski definition) is 6. The maximum Gasteiger partial charge on any atom is 0.266 e. The van der Waals surface area contributed by atoms with Crippen molar-refractivity contribution in [2.75, 3.05) is 6.54 Å². The molecule has 0 saturated carbocycles. The van der Waals surface area contributed by atoms with Crippen LogP contribution in [0.4, 0.5) is 0 Å². The van der Waals surface area contributed by atoms with Crippen LogP contribution in [-0.4, -0.2) is 43.5 Å². The number of carbonyl (C=O) groups excluding carboxylic acids is 2. The molecule has 2 aliphatic rings. The Morgan fingerprint density at radius 2 is 2.21 bits per heavy atom. The SMILES string of the molecule is C[C@@H](C(=O)N1CCCC[C@H]1c1cccnc1)N1C(=O)/C(=C/c2cccs2)SC1=S. The molecule has 0 bridgehead atoms. The Morgan fingerprint density at radius 3 is 2.93 bits per heavy atom. The van der Waals surface area contributed by atoms with E-state index in [-0.39, 0.29) is 17.9 Å². The zero-order valence-corrected chi connectivity index (χ0v) is 18.4. The lowest BCUT2D eigenvalue weighted by atomic mass is 9.95. The third-order valence-corrected chi connectivity index (χ3v) is 7.39. The normalized spacial score (nSPS) is 22.4. The van der Waals surface area contributed by atoms with Gasteiger partial charge in [0.2, 0.25) is 5.91 Å². The molecule has 2 aliphatic heterocycles. The summed E-state index contributed by atoms with van der Waals surface area (Å²) < 4.78 is 0.439. The number of likely N-dealkylation sites (tertiary alicyclic amines) is 1. The van der Waals surface area contributed by atoms with Gasteiger partial charge < -0.3 is 4.90 Å². The van der Waals surface area contributed by atoms with Crippen LogP contribution in [0.1, 0.15) is 42.7 Å². The number of thiocarbonyl (C=S) groups is 1. The number of carbonyl (C=O) groups is 2. The summed E-state index contributed by atoms with van der Waals surface area (Å²) in [5, 5.41) is 1.97. The number of hydrogen-bond donors (Lipinski definition) is 0. The maximum atomic E-state index is 13.4. The first-order valence-corrected chi connectivity index (χ1v) is 11.7. The Labute approximate surface area is 183 Å². The van der Waals surface area contributed by atoms with E-state index in [9.17, 15) is 9.59 Å². The fraction of sp³-hybridized carbons (Fsp3) is 0.333. The highest BCUT2D eigenvalue weighted by molar-refractivity contribution is 8.26. The molecule has 0 unspecified atom stereocenters. The Kier molecular flexibility index (Phi) is 6.12. The molecule has 5 nitrogen and oxygen atoms in total. The molecule has 8 heteroatoms. The minimum Gasteiger partial charge on any atom is -0.334 e. The highest BCUT2D eigenvalue weighted by Gasteiger charge is 2.41. The van der Waals surface area contributed by atoms with Crippen LogP contribution in [0.25, 0.3) is 6.08 Å². The average Bonchev–Trinajstić information content (AvgIpc) is 3.35. The van der Waals surface area contributed by atoms with Crippen molar-refractivity contribution in [2.24, 2.45) is 0 Å². The number of piperidine rings is 1. The first kappa shape index (κ1) is 20.3. The molecule has 29 heavy (non-hydrogen) atoms. The van der Waals surface area contributed by atoms with Gasteiger partial charge in [-0.1, -0.05) is 36.1 Å². The third kappa shape index (κ3) is 4.15. The van der Waals surface area contributed by atoms with Gasteiger partial charge in [-0.3, -0.25) is 19.5 Å². The zero-order valence-electron chi connectivity index (χ0n) is 16.0. The number of nitrogens with zero attached hydrogens (tertiary/aromatic N) is 3. The molecule has 2 amide bonds. The molecule has 2 aromatic heterocycles. The number of amides is 2. The summed E-state index contributed by atoms with van der Waals surface area (Å²) in [6.07, 6.45) is 8.35. The summed E-state index contributed by atoms with van der Waals surface area (Å²) in [7, 11) is 0. The summed E-state index contributed by atoms with van der Waals surface area (Å²) in [6, 6.07) is 7.17. The summed E-state index contributed by atoms with van der Waals surface area (Å²) >= 11 is 8.29. The predicted octanol–water partition coefficient (Wildman–Crippen LogP) is 4.49. The molecule has 2 saturated heterocycles. The van der Waals surface area contributed by atoms with Gasteiger partial charge >= 0.3 is 0 Å². The van der Waals surface area contributed by atoms with Crippen LogP contribution >= 0.6 is 35.3 Å². The fourth-order valence-corrected chi connectivity index (χ4v) is 5.92. The van der Waals surface area contributed by atoms with Crippen LogP contribution in [0.3, 0.4) is 0 Å². The Balaban J connectivity index is 1.55. The summed E-state index contributed by atoms with van der Waals surface area (Å²) in [5.41, 5.74) is 1.04. The molecule has 4 rings (SSSR count). The number of rotatable bonds is 4. The van der Waals surface area contributed by atoms with Gasteiger partial charge in [-0.25, -0.2) is 0 Å². The average molecular weight is 444 g/mol. The van der Waals surface area contributed by atoms with Crippen LogP contribution in [0.2, 0.25) is 0 Å². The van der Waals surface area contributed by atoms with E-state index < -0.39 is 6.04 Å². The van der Waals surface area contributed by atoms with E-state index in [4.69, 9.17) is 12.2 Å². The molecular formula is C21H21N3O2S3. The van der Waals surface area contributed by atoms with E-state index in [2.05, 4.69) is 4.98 Å². The van der Waals surface area contributed by atoms with Crippen molar-refractivity contribution < 1.29 is 9.59 Å². The van der Waals surface area contributed by atoms with Crippen molar-refractivity contribution in [3.05, 3.63) is 57.4 Å². The second-order valence-electron chi connectivity index (χ2n) is 7.07. The van der Waals surface area contributed by atoms with E-state index in [1.54, 1.807) is 24.5 Å². The Bertz CT molecular complexity index is 943. The van der Waals surface area contributed by atoms with Crippen LogP contribution < -0.4 is 0 Å². The molecule has 150 valence electrons. The van der Waals surface area contributed by atoms with Crippen molar-refractivity contribution in [3.63, 3.8) is 0 Å². The van der Waals surface area contributed by atoms with Gasteiger partial charge in [-0.15, -0.1) is 11.3 Å². The molecule has 4 heterocycles. The van der Waals surface area contributed by atoms with Gasteiger partial charge in [0.25, 0.3) is 5.91 Å². The van der Waals surface area contributed by atoms with Crippen molar-refractivity contribution in [3.8, 4) is 0 Å². The Morgan fingerprint density at radius 1 is 1.34 bits per heavy atom. The quantitative estimate of drug-likeness (QED) is 0.515. The molecule has 0 aromatic carbocycles. The van der Waals surface area contributed by atoms with E-state index >= 15 is 0 Å². The van der Waals surface area contributed by atoms with Crippen molar-refractivity contribution in [2.45, 2.75) is 38.3 Å². The third-order valence-electron chi connectivity index (χ3n) is 5.24. The Hall–Kier alpha value is -2.03. The van der Waals surface area contributed by atoms with E-state index in [0.717, 1.165) is 29.7 Å². The lowest BCUT2D eigenvalue weighted by Gasteiger charge is -2.38. The van der Waals surface area contributed by atoms with Gasteiger partial charge in [0.15, 0.2) is 0 Å². The van der Waals surface area contributed by atoms with Crippen LogP contribution in [0.5, 0.6) is 0 Å². The second-order valence-corrected chi connectivity index (χ2v) is 9.73. The molecule has 2 fully saturated rings. The van der Waals surface area contributed by atoms with Gasteiger partial charge in [-0.05, 0) is 55.3 Å². The summed E-state index contributed by atoms with van der Waals surface area (Å²) in [4.78, 5) is 35.5. The number of thioether (sulfide) groups is 1. The van der Waals surface area contributed by atoms with Gasteiger partial charge in [0, 0.05) is 23.8 Å². The van der Waals surface area contributed by atoms with Crippen LogP contribution in [0, 0.1) is 0 Å². The van der Waals surface area contributed by atoms with Crippen molar-refractivity contribution in [1.82, 2.24) is 14.8 Å². The standard InChI is InChI=1S/C21H21N3O2S3/c1-14(24-20(26)18(29-21(24)27)12-16-7-5-11-28-16)19(25)23-10-3-2-8-17(23)15-6-4-9-22-13-15/h4-7,9,11-14,17H,2-3,8,10H2,1H3/b18-12-/t14-,17-/m0/s1. The summed E-state index contributed by atoms with van der Waals surface area (Å²) in [5.74, 6) is -0.253. The number of pyridine rings is 1. The molecule has 0 aliphatic carbocycles. The molecular weight excluding hydrogens is 422 g/mol. The summed E-state index contributed by atoms with van der Waals surface area (Å²) in [6.45, 7) is 2.46. The van der Waals surface area contributed by atoms with E-state index in [1.165, 1.54) is 16.7 Å². The van der Waals surface area contributed by atoms with E-state index in [1.807, 2.05) is 46.8 Å². The smallest absolute Gasteiger partial charge is 0.266 e. The maximum absolute atomic E-state index is 13.4.